The van der Waals surface area contributed by atoms with E-state index in [2.05, 4.69) is 58.0 Å². The van der Waals surface area contributed by atoms with Gasteiger partial charge in [0.15, 0.2) is 0 Å². The summed E-state index contributed by atoms with van der Waals surface area (Å²) < 4.78 is 27.4. The predicted octanol–water partition coefficient (Wildman–Crippen LogP) is 9.88. The van der Waals surface area contributed by atoms with Crippen LogP contribution in [-0.4, -0.2) is 26.2 Å². The Kier molecular flexibility index (Phi) is 8.64. The molecule has 0 bridgehead atoms. The molecule has 45 heavy (non-hydrogen) atoms. The first-order valence-electron chi connectivity index (χ1n) is 15.1. The molecule has 10 nitrogen and oxygen atoms in total. The van der Waals surface area contributed by atoms with Crippen LogP contribution in [0, 0.1) is 13.8 Å². The second-order valence-corrected chi connectivity index (χ2v) is 12.5. The van der Waals surface area contributed by atoms with Gasteiger partial charge in [0.05, 0.1) is 0 Å². The van der Waals surface area contributed by atoms with Crippen LogP contribution in [0.5, 0.6) is 23.0 Å². The maximum atomic E-state index is 6.89. The van der Waals surface area contributed by atoms with Crippen molar-refractivity contribution in [2.24, 2.45) is 20.5 Å². The average molecular weight is 654 g/mol. The number of nitrogens with zero attached hydrogens (tertiary/aromatic N) is 6. The Morgan fingerprint density at radius 2 is 0.778 bits per heavy atom. The number of fused-ring (bicyclic) bond motifs is 4. The Morgan fingerprint density at radius 3 is 1.11 bits per heavy atom. The number of rotatable bonds is 6. The molecule has 6 rings (SSSR count). The van der Waals surface area contributed by atoms with Crippen molar-refractivity contribution in [3.63, 3.8) is 0 Å². The summed E-state index contributed by atoms with van der Waals surface area (Å²) in [6.07, 6.45) is 0. The number of azo groups is 2. The van der Waals surface area contributed by atoms with Crippen molar-refractivity contribution in [3.8, 4) is 23.0 Å². The van der Waals surface area contributed by atoms with Gasteiger partial charge in [-0.1, -0.05) is 0 Å². The second-order valence-electron chi connectivity index (χ2n) is 10.6. The number of aryl methyl sites for hydroxylation is 2. The van der Waals surface area contributed by atoms with Crippen LogP contribution < -0.4 is 25.2 Å². The number of hydrogen-bond donors (Lipinski definition) is 0. The Labute approximate surface area is 267 Å². The van der Waals surface area contributed by atoms with E-state index in [-0.39, 0.29) is 0 Å². The van der Waals surface area contributed by atoms with Crippen molar-refractivity contribution in [3.05, 3.63) is 83.9 Å². The van der Waals surface area contributed by atoms with Crippen LogP contribution >= 0.6 is 0 Å². The molecule has 0 saturated carbocycles. The van der Waals surface area contributed by atoms with Gasteiger partial charge in [0.1, 0.15) is 0 Å². The first kappa shape index (κ1) is 30.4. The van der Waals surface area contributed by atoms with Crippen LogP contribution in [-0.2, 0) is 13.9 Å². The van der Waals surface area contributed by atoms with Gasteiger partial charge >= 0.3 is 268 Å². The topological polar surface area (TPSA) is 92.8 Å². The SMILES string of the molecule is CCN(CC)c1ccc2c(c1)[O][Co]1([O]c3cc(C)ccc3N=N2)[O]c2cc(C)ccc2N=Nc2ccc(N(CC)CC)cc2[O]1. The summed E-state index contributed by atoms with van der Waals surface area (Å²) in [5, 5.41) is 18.3. The molecule has 0 saturated heterocycles. The zero-order valence-electron chi connectivity index (χ0n) is 26.4. The number of anilines is 2. The second kappa shape index (κ2) is 12.8. The van der Waals surface area contributed by atoms with Crippen molar-refractivity contribution >= 4 is 34.1 Å². The van der Waals surface area contributed by atoms with E-state index in [1.807, 2.05) is 86.6 Å². The molecular formula is C34H38CoN6O4. The van der Waals surface area contributed by atoms with Crippen LogP contribution in [0.1, 0.15) is 38.8 Å². The maximum absolute atomic E-state index is 6.89. The van der Waals surface area contributed by atoms with Crippen LogP contribution in [0.2, 0.25) is 0 Å². The van der Waals surface area contributed by atoms with Crippen molar-refractivity contribution in [1.29, 1.82) is 0 Å². The standard InChI is InChI=1S/2C17H21N3O2.Co/c2*1-4-20(5-2)13-7-9-15(17(22)11-13)19-18-14-8-6-12(3)10-16(14)21;/h2*6-11,21-22H,4-5H2,1-3H3;/q;;+4/p-4. The van der Waals surface area contributed by atoms with E-state index in [0.29, 0.717) is 45.7 Å². The van der Waals surface area contributed by atoms with Crippen LogP contribution in [0.15, 0.2) is 93.3 Å². The molecule has 0 radical (unpaired) electrons. The molecule has 4 aromatic carbocycles. The fraction of sp³-hybridized carbons (Fsp3) is 0.294. The van der Waals surface area contributed by atoms with Gasteiger partial charge in [-0.15, -0.1) is 0 Å². The Morgan fingerprint density at radius 1 is 0.467 bits per heavy atom. The minimum absolute atomic E-state index is 0.420. The molecular weight excluding hydrogens is 615 g/mol. The molecule has 237 valence electrons. The van der Waals surface area contributed by atoms with Crippen molar-refractivity contribution in [1.82, 2.24) is 0 Å². The third kappa shape index (κ3) is 6.31. The van der Waals surface area contributed by atoms with Gasteiger partial charge in [-0.3, -0.25) is 0 Å². The average Bonchev–Trinajstić information content (AvgIpc) is 3.12. The number of benzene rings is 4. The summed E-state index contributed by atoms with van der Waals surface area (Å²) in [5.41, 5.74) is 5.95. The van der Waals surface area contributed by atoms with Gasteiger partial charge in [0, 0.05) is 0 Å². The van der Waals surface area contributed by atoms with E-state index in [9.17, 15) is 0 Å². The molecule has 0 amide bonds. The van der Waals surface area contributed by atoms with Gasteiger partial charge in [-0.2, -0.15) is 0 Å². The molecule has 0 N–H and O–H groups in total. The fourth-order valence-electron chi connectivity index (χ4n) is 5.03. The quantitative estimate of drug-likeness (QED) is 0.206. The third-order valence-corrected chi connectivity index (χ3v) is 9.49. The normalized spacial score (nSPS) is 17.7. The molecule has 2 aliphatic heterocycles. The summed E-state index contributed by atoms with van der Waals surface area (Å²) >= 11 is -3.84. The molecule has 4 aromatic rings. The van der Waals surface area contributed by atoms with Crippen molar-refractivity contribution in [2.45, 2.75) is 41.5 Å². The molecule has 0 atom stereocenters. The Balaban J connectivity index is 1.61. The van der Waals surface area contributed by atoms with E-state index in [1.165, 1.54) is 0 Å². The van der Waals surface area contributed by atoms with Gasteiger partial charge < -0.3 is 0 Å². The van der Waals surface area contributed by atoms with E-state index < -0.39 is 13.9 Å². The zero-order valence-corrected chi connectivity index (χ0v) is 27.4. The molecule has 0 aliphatic carbocycles. The van der Waals surface area contributed by atoms with Gasteiger partial charge in [0.2, 0.25) is 0 Å². The van der Waals surface area contributed by atoms with Crippen molar-refractivity contribution < 1.29 is 29.3 Å². The first-order valence-corrected chi connectivity index (χ1v) is 16.8. The molecule has 1 spiro atoms. The third-order valence-electron chi connectivity index (χ3n) is 7.53. The van der Waals surface area contributed by atoms with Crippen molar-refractivity contribution in [2.75, 3.05) is 36.0 Å². The molecule has 2 aliphatic rings. The van der Waals surface area contributed by atoms with Gasteiger partial charge in [0.25, 0.3) is 0 Å². The summed E-state index contributed by atoms with van der Waals surface area (Å²) in [6.45, 7) is 15.7. The molecule has 0 fully saturated rings. The zero-order chi connectivity index (χ0) is 31.6. The van der Waals surface area contributed by atoms with E-state index in [1.54, 1.807) is 0 Å². The summed E-state index contributed by atoms with van der Waals surface area (Å²) in [4.78, 5) is 4.45. The fourth-order valence-corrected chi connectivity index (χ4v) is 7.09. The molecule has 0 unspecified atom stereocenters. The number of hydrogen-bond acceptors (Lipinski definition) is 10. The van der Waals surface area contributed by atoms with Crippen LogP contribution in [0.4, 0.5) is 34.1 Å². The minimum atomic E-state index is -3.84. The van der Waals surface area contributed by atoms with E-state index in [0.717, 1.165) is 48.7 Å². The van der Waals surface area contributed by atoms with Crippen LogP contribution in [0.3, 0.4) is 0 Å². The van der Waals surface area contributed by atoms with E-state index in [4.69, 9.17) is 15.4 Å². The summed E-state index contributed by atoms with van der Waals surface area (Å²) in [7, 11) is 0. The van der Waals surface area contributed by atoms with Gasteiger partial charge in [-0.05, 0) is 0 Å². The summed E-state index contributed by atoms with van der Waals surface area (Å²) in [6, 6.07) is 23.1. The van der Waals surface area contributed by atoms with E-state index >= 15 is 0 Å². The Hall–Kier alpha value is -4.61. The summed E-state index contributed by atoms with van der Waals surface area (Å²) in [5.74, 6) is 1.69. The predicted molar refractivity (Wildman–Crippen MR) is 173 cm³/mol. The molecule has 0 aromatic heterocycles. The van der Waals surface area contributed by atoms with Crippen LogP contribution in [0.25, 0.3) is 0 Å². The van der Waals surface area contributed by atoms with Gasteiger partial charge in [-0.25, -0.2) is 0 Å². The monoisotopic (exact) mass is 653 g/mol. The molecule has 2 heterocycles. The Bertz CT molecular complexity index is 1640. The molecule has 11 heteroatoms. The first-order chi connectivity index (χ1) is 21.8.